The third kappa shape index (κ3) is 3.25. The van der Waals surface area contributed by atoms with Crippen molar-refractivity contribution in [3.8, 4) is 0 Å². The van der Waals surface area contributed by atoms with Crippen LogP contribution in [0.1, 0.15) is 23.7 Å². The molecule has 17 heavy (non-hydrogen) atoms. The highest BCUT2D eigenvalue weighted by atomic mass is 16.6. The van der Waals surface area contributed by atoms with Gasteiger partial charge in [-0.3, -0.25) is 14.9 Å². The second-order valence-corrected chi connectivity index (χ2v) is 3.54. The number of nitro benzene ring substituents is 1. The Morgan fingerprint density at radius 1 is 1.53 bits per heavy atom. The lowest BCUT2D eigenvalue weighted by Crippen LogP contribution is -2.37. The van der Waals surface area contributed by atoms with E-state index in [0.717, 1.165) is 0 Å². The summed E-state index contributed by atoms with van der Waals surface area (Å²) in [5.41, 5.74) is -0.234. The van der Waals surface area contributed by atoms with Gasteiger partial charge in [-0.05, 0) is 12.5 Å². The van der Waals surface area contributed by atoms with E-state index in [-0.39, 0.29) is 23.9 Å². The number of nitrogens with zero attached hydrogens (tertiary/aromatic N) is 1. The zero-order valence-electron chi connectivity index (χ0n) is 9.42. The molecule has 92 valence electrons. The van der Waals surface area contributed by atoms with Crippen molar-refractivity contribution < 1.29 is 14.8 Å². The van der Waals surface area contributed by atoms with E-state index in [2.05, 4.69) is 5.32 Å². The number of nitrogens with one attached hydrogen (secondary N) is 1. The third-order valence-electron chi connectivity index (χ3n) is 2.39. The van der Waals surface area contributed by atoms with Gasteiger partial charge in [-0.25, -0.2) is 0 Å². The number of carbonyl (C=O) groups is 1. The van der Waals surface area contributed by atoms with E-state index in [1.165, 1.54) is 18.2 Å². The number of carbonyl (C=O) groups excluding carboxylic acids is 1. The largest absolute Gasteiger partial charge is 0.394 e. The normalized spacial score (nSPS) is 11.9. The minimum atomic E-state index is -0.602. The van der Waals surface area contributed by atoms with E-state index in [4.69, 9.17) is 5.11 Å². The maximum Gasteiger partial charge on any atom is 0.282 e. The smallest absolute Gasteiger partial charge is 0.282 e. The Morgan fingerprint density at radius 2 is 2.18 bits per heavy atom. The van der Waals surface area contributed by atoms with Crippen molar-refractivity contribution >= 4 is 11.6 Å². The van der Waals surface area contributed by atoms with Crippen molar-refractivity contribution in [3.63, 3.8) is 0 Å². The van der Waals surface area contributed by atoms with Gasteiger partial charge >= 0.3 is 0 Å². The van der Waals surface area contributed by atoms with Gasteiger partial charge in [-0.15, -0.1) is 0 Å². The number of hydrogen-bond acceptors (Lipinski definition) is 4. The number of rotatable bonds is 5. The van der Waals surface area contributed by atoms with Crippen LogP contribution in [0.15, 0.2) is 24.3 Å². The second-order valence-electron chi connectivity index (χ2n) is 3.54. The lowest BCUT2D eigenvalue weighted by atomic mass is 10.1. The molecule has 6 nitrogen and oxygen atoms in total. The Hall–Kier alpha value is -1.95. The Labute approximate surface area is 98.4 Å². The topological polar surface area (TPSA) is 92.5 Å². The third-order valence-corrected chi connectivity index (χ3v) is 2.39. The van der Waals surface area contributed by atoms with Gasteiger partial charge < -0.3 is 10.4 Å². The standard InChI is InChI=1S/C11H14N2O4/c1-2-8(7-14)12-11(15)9-5-3-4-6-10(9)13(16)17/h3-6,8,14H,2,7H2,1H3,(H,12,15)/t8-/m1/s1. The molecule has 2 N–H and O–H groups in total. The van der Waals surface area contributed by atoms with Gasteiger partial charge in [0.25, 0.3) is 11.6 Å². The van der Waals surface area contributed by atoms with Crippen molar-refractivity contribution in [2.24, 2.45) is 0 Å². The number of aliphatic hydroxyl groups excluding tert-OH is 1. The molecular weight excluding hydrogens is 224 g/mol. The van der Waals surface area contributed by atoms with Gasteiger partial charge in [0, 0.05) is 6.07 Å². The molecule has 0 aromatic heterocycles. The summed E-state index contributed by atoms with van der Waals surface area (Å²) in [5.74, 6) is -0.543. The lowest BCUT2D eigenvalue weighted by molar-refractivity contribution is -0.385. The van der Waals surface area contributed by atoms with E-state index < -0.39 is 10.8 Å². The van der Waals surface area contributed by atoms with Gasteiger partial charge in [-0.1, -0.05) is 19.1 Å². The number of para-hydroxylation sites is 1. The minimum Gasteiger partial charge on any atom is -0.394 e. The first-order valence-electron chi connectivity index (χ1n) is 5.25. The average molecular weight is 238 g/mol. The molecule has 0 radical (unpaired) electrons. The van der Waals surface area contributed by atoms with Crippen LogP contribution in [0.4, 0.5) is 5.69 Å². The predicted molar refractivity (Wildman–Crippen MR) is 61.7 cm³/mol. The highest BCUT2D eigenvalue weighted by Gasteiger charge is 2.20. The molecule has 0 aliphatic carbocycles. The van der Waals surface area contributed by atoms with Crippen LogP contribution in [0.25, 0.3) is 0 Å². The van der Waals surface area contributed by atoms with E-state index in [0.29, 0.717) is 6.42 Å². The van der Waals surface area contributed by atoms with E-state index >= 15 is 0 Å². The molecule has 0 saturated heterocycles. The zero-order chi connectivity index (χ0) is 12.8. The number of hydrogen-bond donors (Lipinski definition) is 2. The Morgan fingerprint density at radius 3 is 2.71 bits per heavy atom. The number of benzene rings is 1. The summed E-state index contributed by atoms with van der Waals surface area (Å²) in [5, 5.41) is 22.2. The van der Waals surface area contributed by atoms with Crippen molar-refractivity contribution in [1.82, 2.24) is 5.32 Å². The van der Waals surface area contributed by atoms with E-state index in [9.17, 15) is 14.9 Å². The Balaban J connectivity index is 2.92. The summed E-state index contributed by atoms with van der Waals surface area (Å²) >= 11 is 0. The summed E-state index contributed by atoms with van der Waals surface area (Å²) in [4.78, 5) is 21.9. The molecule has 0 unspecified atom stereocenters. The number of aliphatic hydroxyl groups is 1. The fourth-order valence-corrected chi connectivity index (χ4v) is 1.36. The average Bonchev–Trinajstić information content (AvgIpc) is 2.35. The quantitative estimate of drug-likeness (QED) is 0.593. The van der Waals surface area contributed by atoms with Crippen LogP contribution in [0.2, 0.25) is 0 Å². The second kappa shape index (κ2) is 5.95. The molecule has 0 spiro atoms. The van der Waals surface area contributed by atoms with Crippen LogP contribution >= 0.6 is 0 Å². The molecule has 0 bridgehead atoms. The summed E-state index contributed by atoms with van der Waals surface area (Å²) in [6.45, 7) is 1.61. The molecule has 0 aliphatic heterocycles. The number of nitro groups is 1. The Bertz CT molecular complexity index is 416. The van der Waals surface area contributed by atoms with Crippen molar-refractivity contribution in [1.29, 1.82) is 0 Å². The Kier molecular flexibility index (Phi) is 4.59. The van der Waals surface area contributed by atoms with Crippen LogP contribution < -0.4 is 5.32 Å². The van der Waals surface area contributed by atoms with E-state index in [1.54, 1.807) is 13.0 Å². The minimum absolute atomic E-state index is 0.00407. The van der Waals surface area contributed by atoms with Gasteiger partial charge in [0.2, 0.25) is 0 Å². The van der Waals surface area contributed by atoms with Gasteiger partial charge in [0.05, 0.1) is 17.6 Å². The van der Waals surface area contributed by atoms with Gasteiger partial charge in [0.1, 0.15) is 5.56 Å². The molecule has 1 atom stereocenters. The van der Waals surface area contributed by atoms with Crippen LogP contribution in [0.3, 0.4) is 0 Å². The molecule has 1 rings (SSSR count). The molecule has 0 aliphatic rings. The lowest BCUT2D eigenvalue weighted by Gasteiger charge is -2.13. The maximum absolute atomic E-state index is 11.8. The first-order valence-corrected chi connectivity index (χ1v) is 5.25. The number of amides is 1. The van der Waals surface area contributed by atoms with Crippen LogP contribution in [-0.2, 0) is 0 Å². The SMILES string of the molecule is CC[C@H](CO)NC(=O)c1ccccc1[N+](=O)[O-]. The molecule has 0 saturated carbocycles. The fourth-order valence-electron chi connectivity index (χ4n) is 1.36. The van der Waals surface area contributed by atoms with Crippen molar-refractivity contribution in [2.45, 2.75) is 19.4 Å². The van der Waals surface area contributed by atoms with E-state index in [1.807, 2.05) is 0 Å². The molecule has 1 aromatic rings. The predicted octanol–water partition coefficient (Wildman–Crippen LogP) is 1.10. The van der Waals surface area contributed by atoms with Gasteiger partial charge in [-0.2, -0.15) is 0 Å². The van der Waals surface area contributed by atoms with Crippen LogP contribution in [0.5, 0.6) is 0 Å². The van der Waals surface area contributed by atoms with Gasteiger partial charge in [0.15, 0.2) is 0 Å². The monoisotopic (exact) mass is 238 g/mol. The zero-order valence-corrected chi connectivity index (χ0v) is 9.42. The summed E-state index contributed by atoms with van der Waals surface area (Å²) in [6, 6.07) is 5.33. The first-order chi connectivity index (χ1) is 8.10. The summed E-state index contributed by atoms with van der Waals surface area (Å²) in [7, 11) is 0. The first kappa shape index (κ1) is 13.1. The highest BCUT2D eigenvalue weighted by Crippen LogP contribution is 2.17. The highest BCUT2D eigenvalue weighted by molar-refractivity contribution is 5.98. The summed E-state index contributed by atoms with van der Waals surface area (Å²) in [6.07, 6.45) is 0.558. The molecule has 1 amide bonds. The molecule has 6 heteroatoms. The van der Waals surface area contributed by atoms with Crippen LogP contribution in [-0.4, -0.2) is 28.6 Å². The molecule has 0 fully saturated rings. The molecule has 0 heterocycles. The molecule has 1 aromatic carbocycles. The maximum atomic E-state index is 11.8. The fraction of sp³-hybridized carbons (Fsp3) is 0.364. The van der Waals surface area contributed by atoms with Crippen LogP contribution in [0, 0.1) is 10.1 Å². The van der Waals surface area contributed by atoms with Crippen molar-refractivity contribution in [2.75, 3.05) is 6.61 Å². The summed E-state index contributed by atoms with van der Waals surface area (Å²) < 4.78 is 0. The van der Waals surface area contributed by atoms with Crippen molar-refractivity contribution in [3.05, 3.63) is 39.9 Å². The molecular formula is C11H14N2O4.